The number of carboxylic acids is 1. The fourth-order valence-corrected chi connectivity index (χ4v) is 2.57. The van der Waals surface area contributed by atoms with Gasteiger partial charge in [-0.1, -0.05) is 20.8 Å². The Labute approximate surface area is 85.5 Å². The molecule has 1 saturated carbocycles. The van der Waals surface area contributed by atoms with Gasteiger partial charge in [-0.3, -0.25) is 0 Å². The molecular formula is C11H20O3. The summed E-state index contributed by atoms with van der Waals surface area (Å²) >= 11 is 0. The van der Waals surface area contributed by atoms with Crippen LogP contribution in [0, 0.1) is 11.3 Å². The first-order valence-electron chi connectivity index (χ1n) is 5.22. The molecule has 3 nitrogen and oxygen atoms in total. The van der Waals surface area contributed by atoms with E-state index in [0.29, 0.717) is 11.3 Å². The number of hydrogen-bond donors (Lipinski definition) is 1. The van der Waals surface area contributed by atoms with Gasteiger partial charge in [0.15, 0.2) is 0 Å². The molecule has 0 unspecified atom stereocenters. The maximum atomic E-state index is 10.4. The van der Waals surface area contributed by atoms with Gasteiger partial charge >= 0.3 is 5.97 Å². The van der Waals surface area contributed by atoms with Gasteiger partial charge in [-0.2, -0.15) is 0 Å². The van der Waals surface area contributed by atoms with Crippen LogP contribution in [0.4, 0.5) is 0 Å². The highest BCUT2D eigenvalue weighted by molar-refractivity contribution is 5.68. The Morgan fingerprint density at radius 1 is 1.50 bits per heavy atom. The van der Waals surface area contributed by atoms with Gasteiger partial charge in [-0.15, -0.1) is 0 Å². The van der Waals surface area contributed by atoms with Gasteiger partial charge in [0.2, 0.25) is 0 Å². The average molecular weight is 200 g/mol. The van der Waals surface area contributed by atoms with E-state index in [-0.39, 0.29) is 12.7 Å². The van der Waals surface area contributed by atoms with E-state index in [0.717, 1.165) is 12.8 Å². The Morgan fingerprint density at radius 3 is 2.64 bits per heavy atom. The molecule has 0 aromatic carbocycles. The van der Waals surface area contributed by atoms with E-state index < -0.39 is 5.97 Å². The molecule has 0 amide bonds. The van der Waals surface area contributed by atoms with Crippen LogP contribution in [0.1, 0.15) is 40.0 Å². The predicted octanol–water partition coefficient (Wildman–Crippen LogP) is 2.30. The van der Waals surface area contributed by atoms with E-state index in [4.69, 9.17) is 9.84 Å². The van der Waals surface area contributed by atoms with Crippen LogP contribution in [0.3, 0.4) is 0 Å². The van der Waals surface area contributed by atoms with E-state index in [2.05, 4.69) is 20.8 Å². The number of rotatable bonds is 3. The summed E-state index contributed by atoms with van der Waals surface area (Å²) < 4.78 is 5.35. The van der Waals surface area contributed by atoms with Gasteiger partial charge in [0.25, 0.3) is 0 Å². The normalized spacial score (nSPS) is 31.4. The van der Waals surface area contributed by atoms with Crippen molar-refractivity contribution in [2.75, 3.05) is 6.61 Å². The second kappa shape index (κ2) is 4.30. The van der Waals surface area contributed by atoms with Gasteiger partial charge in [0, 0.05) is 0 Å². The maximum Gasteiger partial charge on any atom is 0.329 e. The molecule has 1 rings (SSSR count). The molecule has 0 aromatic heterocycles. The van der Waals surface area contributed by atoms with Crippen LogP contribution < -0.4 is 0 Å². The fourth-order valence-electron chi connectivity index (χ4n) is 2.57. The molecular weight excluding hydrogens is 180 g/mol. The number of hydrogen-bond acceptors (Lipinski definition) is 2. The predicted molar refractivity (Wildman–Crippen MR) is 54.2 cm³/mol. The van der Waals surface area contributed by atoms with Gasteiger partial charge in [-0.05, 0) is 30.6 Å². The molecule has 1 aliphatic rings. The molecule has 0 spiro atoms. The van der Waals surface area contributed by atoms with Crippen LogP contribution in [0.25, 0.3) is 0 Å². The molecule has 0 saturated heterocycles. The Kier molecular flexibility index (Phi) is 3.53. The minimum Gasteiger partial charge on any atom is -0.480 e. The molecule has 1 aliphatic carbocycles. The Morgan fingerprint density at radius 2 is 2.14 bits per heavy atom. The first kappa shape index (κ1) is 11.5. The zero-order valence-electron chi connectivity index (χ0n) is 9.25. The van der Waals surface area contributed by atoms with Crippen molar-refractivity contribution in [2.24, 2.45) is 11.3 Å². The minimum absolute atomic E-state index is 0.129. The second-order valence-corrected chi connectivity index (χ2v) is 5.24. The third kappa shape index (κ3) is 3.66. The summed E-state index contributed by atoms with van der Waals surface area (Å²) in [6.45, 7) is 6.49. The molecule has 2 atom stereocenters. The number of ether oxygens (including phenoxy) is 1. The van der Waals surface area contributed by atoms with E-state index in [9.17, 15) is 4.79 Å². The molecule has 0 aromatic rings. The molecule has 1 fully saturated rings. The van der Waals surface area contributed by atoms with Crippen molar-refractivity contribution in [1.29, 1.82) is 0 Å². The summed E-state index contributed by atoms with van der Waals surface area (Å²) in [6, 6.07) is 0. The van der Waals surface area contributed by atoms with Gasteiger partial charge < -0.3 is 9.84 Å². The fraction of sp³-hybridized carbons (Fsp3) is 0.909. The van der Waals surface area contributed by atoms with Gasteiger partial charge in [-0.25, -0.2) is 4.79 Å². The number of carboxylic acid groups (broad SMARTS) is 1. The summed E-state index contributed by atoms with van der Waals surface area (Å²) in [4.78, 5) is 10.4. The van der Waals surface area contributed by atoms with Gasteiger partial charge in [0.1, 0.15) is 6.61 Å². The van der Waals surface area contributed by atoms with E-state index in [1.54, 1.807) is 0 Å². The monoisotopic (exact) mass is 200 g/mol. The van der Waals surface area contributed by atoms with Crippen LogP contribution in [0.15, 0.2) is 0 Å². The lowest BCUT2D eigenvalue weighted by Gasteiger charge is -2.38. The van der Waals surface area contributed by atoms with Crippen molar-refractivity contribution in [2.45, 2.75) is 46.1 Å². The Hall–Kier alpha value is -0.570. The SMILES string of the molecule is C[C@@H]1C[C@H](OCC(=O)O)CC(C)(C)C1. The van der Waals surface area contributed by atoms with E-state index in [1.807, 2.05) is 0 Å². The lowest BCUT2D eigenvalue weighted by Crippen LogP contribution is -2.33. The summed E-state index contributed by atoms with van der Waals surface area (Å²) in [7, 11) is 0. The molecule has 0 heterocycles. The summed E-state index contributed by atoms with van der Waals surface area (Å²) in [5.41, 5.74) is 0.292. The van der Waals surface area contributed by atoms with Crippen molar-refractivity contribution in [3.05, 3.63) is 0 Å². The first-order chi connectivity index (χ1) is 6.39. The largest absolute Gasteiger partial charge is 0.480 e. The zero-order valence-corrected chi connectivity index (χ0v) is 9.25. The van der Waals surface area contributed by atoms with E-state index >= 15 is 0 Å². The quantitative estimate of drug-likeness (QED) is 0.760. The number of aliphatic carboxylic acids is 1. The molecule has 1 N–H and O–H groups in total. The van der Waals surface area contributed by atoms with Crippen molar-refractivity contribution >= 4 is 5.97 Å². The molecule has 0 bridgehead atoms. The summed E-state index contributed by atoms with van der Waals surface area (Å²) in [6.07, 6.45) is 3.31. The Balaban J connectivity index is 2.42. The van der Waals surface area contributed by atoms with E-state index in [1.165, 1.54) is 6.42 Å². The lowest BCUT2D eigenvalue weighted by atomic mass is 9.71. The van der Waals surface area contributed by atoms with Crippen molar-refractivity contribution < 1.29 is 14.6 Å². The zero-order chi connectivity index (χ0) is 10.8. The Bertz CT molecular complexity index is 211. The smallest absolute Gasteiger partial charge is 0.329 e. The second-order valence-electron chi connectivity index (χ2n) is 5.24. The standard InChI is InChI=1S/C11H20O3/c1-8-4-9(14-7-10(12)13)6-11(2,3)5-8/h8-9H,4-7H2,1-3H3,(H,12,13)/t8-,9+/m1/s1. The number of carbonyl (C=O) groups is 1. The van der Waals surface area contributed by atoms with Gasteiger partial charge in [0.05, 0.1) is 6.10 Å². The van der Waals surface area contributed by atoms with Crippen molar-refractivity contribution in [1.82, 2.24) is 0 Å². The first-order valence-corrected chi connectivity index (χ1v) is 5.22. The van der Waals surface area contributed by atoms with Crippen LogP contribution in [-0.2, 0) is 9.53 Å². The van der Waals surface area contributed by atoms with Crippen LogP contribution in [0.2, 0.25) is 0 Å². The van der Waals surface area contributed by atoms with Crippen molar-refractivity contribution in [3.8, 4) is 0 Å². The van der Waals surface area contributed by atoms with Crippen LogP contribution in [-0.4, -0.2) is 23.8 Å². The van der Waals surface area contributed by atoms with Crippen molar-refractivity contribution in [3.63, 3.8) is 0 Å². The lowest BCUT2D eigenvalue weighted by molar-refractivity contribution is -0.146. The summed E-state index contributed by atoms with van der Waals surface area (Å²) in [5.74, 6) is -0.237. The highest BCUT2D eigenvalue weighted by atomic mass is 16.5. The van der Waals surface area contributed by atoms with Crippen LogP contribution in [0.5, 0.6) is 0 Å². The molecule has 3 heteroatoms. The maximum absolute atomic E-state index is 10.4. The highest BCUT2D eigenvalue weighted by Crippen LogP contribution is 2.39. The molecule has 0 aliphatic heterocycles. The highest BCUT2D eigenvalue weighted by Gasteiger charge is 2.32. The minimum atomic E-state index is -0.874. The molecule has 14 heavy (non-hydrogen) atoms. The summed E-state index contributed by atoms with van der Waals surface area (Å²) in [5, 5.41) is 8.52. The average Bonchev–Trinajstić information content (AvgIpc) is 1.96. The topological polar surface area (TPSA) is 46.5 Å². The molecule has 0 radical (unpaired) electrons. The third-order valence-electron chi connectivity index (χ3n) is 2.79. The third-order valence-corrected chi connectivity index (χ3v) is 2.79. The van der Waals surface area contributed by atoms with Crippen LogP contribution >= 0.6 is 0 Å². The molecule has 82 valence electrons.